The minimum Gasteiger partial charge on any atom is -0.495 e. The van der Waals surface area contributed by atoms with E-state index in [4.69, 9.17) is 4.74 Å². The molecule has 4 amide bonds. The fourth-order valence-electron chi connectivity index (χ4n) is 4.74. The monoisotopic (exact) mass is 429 g/mol. The number of ether oxygens (including phenoxy) is 1. The lowest BCUT2D eigenvalue weighted by atomic mass is 9.78. The number of carbonyl (C=O) groups is 3. The summed E-state index contributed by atoms with van der Waals surface area (Å²) in [6, 6.07) is 4.49. The molecular weight excluding hydrogens is 398 g/mol. The fraction of sp³-hybridized carbons (Fsp3) is 0.591. The second kappa shape index (κ2) is 9.23. The van der Waals surface area contributed by atoms with Crippen molar-refractivity contribution in [3.63, 3.8) is 0 Å². The molecule has 4 rings (SSSR count). The van der Waals surface area contributed by atoms with E-state index in [0.29, 0.717) is 29.0 Å². The summed E-state index contributed by atoms with van der Waals surface area (Å²) in [4.78, 5) is 40.2. The Balaban J connectivity index is 1.32. The number of benzene rings is 1. The molecule has 0 atom stereocenters. The first-order valence-electron chi connectivity index (χ1n) is 11.0. The molecule has 3 heterocycles. The summed E-state index contributed by atoms with van der Waals surface area (Å²) < 4.78 is 5.36. The number of imide groups is 1. The van der Waals surface area contributed by atoms with Gasteiger partial charge in [0.15, 0.2) is 0 Å². The molecule has 0 aromatic heterocycles. The standard InChI is InChI=1S/C22H31N5O4/c1-31-18-3-2-16(14-17(18)27-10-4-19(28)25-21(27)30)20(29)24-9-13-26-11-6-22(7-12-26)5-8-23-15-22/h2-3,14,23H,4-13,15H2,1H3,(H,24,29)(H,25,28,30). The van der Waals surface area contributed by atoms with E-state index in [1.807, 2.05) is 0 Å². The van der Waals surface area contributed by atoms with Crippen molar-refractivity contribution in [3.05, 3.63) is 23.8 Å². The van der Waals surface area contributed by atoms with Crippen LogP contribution < -0.4 is 25.6 Å². The van der Waals surface area contributed by atoms with Gasteiger partial charge in [0.05, 0.1) is 12.8 Å². The maximum Gasteiger partial charge on any atom is 0.328 e. The highest BCUT2D eigenvalue weighted by molar-refractivity contribution is 6.07. The van der Waals surface area contributed by atoms with Crippen LogP contribution >= 0.6 is 0 Å². The average Bonchev–Trinajstić information content (AvgIpc) is 3.23. The molecular formula is C22H31N5O4. The fourth-order valence-corrected chi connectivity index (χ4v) is 4.74. The number of rotatable bonds is 6. The Morgan fingerprint density at radius 2 is 2.00 bits per heavy atom. The Bertz CT molecular complexity index is 842. The minimum absolute atomic E-state index is 0.189. The van der Waals surface area contributed by atoms with Gasteiger partial charge in [-0.2, -0.15) is 0 Å². The summed E-state index contributed by atoms with van der Waals surface area (Å²) in [5.74, 6) is -0.0162. The Morgan fingerprint density at radius 1 is 1.19 bits per heavy atom. The normalized spacial score (nSPS) is 21.3. The van der Waals surface area contributed by atoms with Crippen LogP contribution in [0, 0.1) is 5.41 Å². The molecule has 3 saturated heterocycles. The largest absolute Gasteiger partial charge is 0.495 e. The van der Waals surface area contributed by atoms with Crippen molar-refractivity contribution in [2.24, 2.45) is 5.41 Å². The zero-order chi connectivity index (χ0) is 21.8. The van der Waals surface area contributed by atoms with Gasteiger partial charge in [0.2, 0.25) is 5.91 Å². The first kappa shape index (κ1) is 21.6. The van der Waals surface area contributed by atoms with Gasteiger partial charge in [-0.1, -0.05) is 0 Å². The number of carbonyl (C=O) groups excluding carboxylic acids is 3. The molecule has 3 aliphatic heterocycles. The van der Waals surface area contributed by atoms with Crippen LogP contribution in [0.2, 0.25) is 0 Å². The number of nitrogens with zero attached hydrogens (tertiary/aromatic N) is 2. The first-order chi connectivity index (χ1) is 15.0. The Kier molecular flexibility index (Phi) is 6.43. The summed E-state index contributed by atoms with van der Waals surface area (Å²) >= 11 is 0. The van der Waals surface area contributed by atoms with Gasteiger partial charge in [0, 0.05) is 38.2 Å². The lowest BCUT2D eigenvalue weighted by molar-refractivity contribution is -0.120. The van der Waals surface area contributed by atoms with Gasteiger partial charge in [0.25, 0.3) is 5.91 Å². The van der Waals surface area contributed by atoms with Crippen molar-refractivity contribution in [3.8, 4) is 5.75 Å². The SMILES string of the molecule is COc1ccc(C(=O)NCCN2CCC3(CCNC3)CC2)cc1N1CCC(=O)NC1=O. The lowest BCUT2D eigenvalue weighted by Crippen LogP contribution is -2.49. The smallest absolute Gasteiger partial charge is 0.328 e. The van der Waals surface area contributed by atoms with E-state index >= 15 is 0 Å². The summed E-state index contributed by atoms with van der Waals surface area (Å²) in [6.45, 7) is 6.08. The number of hydrogen-bond acceptors (Lipinski definition) is 6. The Hall–Kier alpha value is -2.65. The van der Waals surface area contributed by atoms with Crippen molar-refractivity contribution in [1.82, 2.24) is 20.9 Å². The highest BCUT2D eigenvalue weighted by atomic mass is 16.5. The van der Waals surface area contributed by atoms with Gasteiger partial charge in [-0.05, 0) is 62.5 Å². The molecule has 0 bridgehead atoms. The van der Waals surface area contributed by atoms with E-state index < -0.39 is 6.03 Å². The number of anilines is 1. The third-order valence-electron chi connectivity index (χ3n) is 6.75. The number of methoxy groups -OCH3 is 1. The molecule has 0 saturated carbocycles. The molecule has 168 valence electrons. The molecule has 0 unspecified atom stereocenters. The summed E-state index contributed by atoms with van der Waals surface area (Å²) in [5.41, 5.74) is 1.42. The second-order valence-corrected chi connectivity index (χ2v) is 8.67. The number of urea groups is 1. The van der Waals surface area contributed by atoms with Crippen molar-refractivity contribution >= 4 is 23.5 Å². The molecule has 9 heteroatoms. The van der Waals surface area contributed by atoms with Crippen LogP contribution in [0.1, 0.15) is 36.0 Å². The van der Waals surface area contributed by atoms with Crippen LogP contribution in [0.4, 0.5) is 10.5 Å². The van der Waals surface area contributed by atoms with Gasteiger partial charge in [-0.25, -0.2) is 4.79 Å². The van der Waals surface area contributed by atoms with Gasteiger partial charge >= 0.3 is 6.03 Å². The van der Waals surface area contributed by atoms with Crippen molar-refractivity contribution in [2.75, 3.05) is 57.8 Å². The number of nitrogens with one attached hydrogen (secondary N) is 3. The van der Waals surface area contributed by atoms with E-state index in [9.17, 15) is 14.4 Å². The van der Waals surface area contributed by atoms with E-state index in [2.05, 4.69) is 20.9 Å². The molecule has 1 aromatic carbocycles. The maximum absolute atomic E-state index is 12.7. The average molecular weight is 430 g/mol. The van der Waals surface area contributed by atoms with E-state index in [-0.39, 0.29) is 24.8 Å². The van der Waals surface area contributed by atoms with Crippen molar-refractivity contribution in [1.29, 1.82) is 0 Å². The van der Waals surface area contributed by atoms with Gasteiger partial charge in [-0.15, -0.1) is 0 Å². The van der Waals surface area contributed by atoms with Crippen LogP contribution in [0.3, 0.4) is 0 Å². The summed E-state index contributed by atoms with van der Waals surface area (Å²) in [5, 5.41) is 8.77. The van der Waals surface area contributed by atoms with Gasteiger partial charge < -0.3 is 20.3 Å². The molecule has 1 aromatic rings. The van der Waals surface area contributed by atoms with Crippen LogP contribution in [-0.4, -0.2) is 75.7 Å². The lowest BCUT2D eigenvalue weighted by Gasteiger charge is -2.38. The molecule has 31 heavy (non-hydrogen) atoms. The number of likely N-dealkylation sites (tertiary alicyclic amines) is 1. The van der Waals surface area contributed by atoms with E-state index in [1.165, 1.54) is 31.3 Å². The van der Waals surface area contributed by atoms with Crippen molar-refractivity contribution in [2.45, 2.75) is 25.7 Å². The third-order valence-corrected chi connectivity index (χ3v) is 6.75. The Labute approximate surface area is 182 Å². The molecule has 0 aliphatic carbocycles. The number of hydrogen-bond donors (Lipinski definition) is 3. The summed E-state index contributed by atoms with van der Waals surface area (Å²) in [6.07, 6.45) is 3.92. The molecule has 3 aliphatic rings. The van der Waals surface area contributed by atoms with E-state index in [0.717, 1.165) is 32.7 Å². The van der Waals surface area contributed by atoms with Crippen LogP contribution in [0.5, 0.6) is 5.75 Å². The molecule has 9 nitrogen and oxygen atoms in total. The number of piperidine rings is 1. The van der Waals surface area contributed by atoms with Crippen LogP contribution in [-0.2, 0) is 4.79 Å². The van der Waals surface area contributed by atoms with Gasteiger partial charge in [-0.3, -0.25) is 19.8 Å². The minimum atomic E-state index is -0.507. The topological polar surface area (TPSA) is 103 Å². The molecule has 1 spiro atoms. The molecule has 3 N–H and O–H groups in total. The maximum atomic E-state index is 12.7. The van der Waals surface area contributed by atoms with Crippen LogP contribution in [0.25, 0.3) is 0 Å². The molecule has 0 radical (unpaired) electrons. The highest BCUT2D eigenvalue weighted by Crippen LogP contribution is 2.36. The first-order valence-corrected chi connectivity index (χ1v) is 11.0. The predicted molar refractivity (Wildman–Crippen MR) is 116 cm³/mol. The highest BCUT2D eigenvalue weighted by Gasteiger charge is 2.36. The van der Waals surface area contributed by atoms with Crippen molar-refractivity contribution < 1.29 is 19.1 Å². The van der Waals surface area contributed by atoms with Gasteiger partial charge in [0.1, 0.15) is 5.75 Å². The summed E-state index contributed by atoms with van der Waals surface area (Å²) in [7, 11) is 1.51. The quantitative estimate of drug-likeness (QED) is 0.622. The third kappa shape index (κ3) is 4.83. The zero-order valence-corrected chi connectivity index (χ0v) is 18.0. The zero-order valence-electron chi connectivity index (χ0n) is 18.0. The van der Waals surface area contributed by atoms with E-state index in [1.54, 1.807) is 18.2 Å². The Morgan fingerprint density at radius 3 is 2.68 bits per heavy atom. The predicted octanol–water partition coefficient (Wildman–Crippen LogP) is 0.947. The number of amides is 4. The second-order valence-electron chi connectivity index (χ2n) is 8.67. The van der Waals surface area contributed by atoms with Crippen LogP contribution in [0.15, 0.2) is 18.2 Å². The molecule has 3 fully saturated rings.